The van der Waals surface area contributed by atoms with Crippen molar-refractivity contribution in [2.45, 2.75) is 25.7 Å². The Morgan fingerprint density at radius 1 is 1.04 bits per heavy atom. The van der Waals surface area contributed by atoms with Crippen molar-refractivity contribution in [3.8, 4) is 0 Å². The molecule has 0 saturated carbocycles. The van der Waals surface area contributed by atoms with Crippen molar-refractivity contribution in [2.75, 3.05) is 20.1 Å². The summed E-state index contributed by atoms with van der Waals surface area (Å²) in [5.74, 6) is 0.364. The summed E-state index contributed by atoms with van der Waals surface area (Å²) in [6.07, 6.45) is 2.19. The number of fused-ring (bicyclic) bond motifs is 1. The quantitative estimate of drug-likeness (QED) is 0.715. The molecule has 1 fully saturated rings. The van der Waals surface area contributed by atoms with E-state index in [4.69, 9.17) is 5.10 Å². The first kappa shape index (κ1) is 16.0. The zero-order valence-electron chi connectivity index (χ0n) is 14.8. The van der Waals surface area contributed by atoms with Crippen LogP contribution < -0.4 is 0 Å². The highest BCUT2D eigenvalue weighted by atomic mass is 16.2. The van der Waals surface area contributed by atoms with Gasteiger partial charge in [-0.1, -0.05) is 35.9 Å². The number of piperidine rings is 1. The van der Waals surface area contributed by atoms with Crippen LogP contribution in [0.3, 0.4) is 0 Å². The summed E-state index contributed by atoms with van der Waals surface area (Å²) in [5, 5.41) is 5.89. The van der Waals surface area contributed by atoms with E-state index in [0.29, 0.717) is 11.5 Å². The number of para-hydroxylation sites is 1. The lowest BCUT2D eigenvalue weighted by molar-refractivity contribution is 0.0949. The number of nitrogens with zero attached hydrogens (tertiary/aromatic N) is 3. The predicted molar refractivity (Wildman–Crippen MR) is 100 cm³/mol. The molecule has 0 radical (unpaired) electrons. The first-order valence-electron chi connectivity index (χ1n) is 8.91. The van der Waals surface area contributed by atoms with E-state index in [9.17, 15) is 4.79 Å². The highest BCUT2D eigenvalue weighted by molar-refractivity contribution is 6.01. The van der Waals surface area contributed by atoms with E-state index >= 15 is 0 Å². The van der Waals surface area contributed by atoms with Gasteiger partial charge in [0.05, 0.1) is 11.2 Å². The van der Waals surface area contributed by atoms with Gasteiger partial charge in [-0.2, -0.15) is 9.78 Å². The van der Waals surface area contributed by atoms with Crippen molar-refractivity contribution < 1.29 is 4.79 Å². The summed E-state index contributed by atoms with van der Waals surface area (Å²) in [4.78, 5) is 15.4. The normalized spacial score (nSPS) is 16.4. The second-order valence-electron chi connectivity index (χ2n) is 7.06. The molecule has 1 aliphatic rings. The van der Waals surface area contributed by atoms with Crippen LogP contribution in [-0.4, -0.2) is 40.7 Å². The third-order valence-electron chi connectivity index (χ3n) is 5.21. The fraction of sp³-hybridized carbons (Fsp3) is 0.333. The average molecular weight is 333 g/mol. The fourth-order valence-electron chi connectivity index (χ4n) is 3.65. The molecule has 2 aromatic carbocycles. The van der Waals surface area contributed by atoms with Gasteiger partial charge in [0.1, 0.15) is 0 Å². The second kappa shape index (κ2) is 6.45. The smallest absolute Gasteiger partial charge is 0.278 e. The maximum Gasteiger partial charge on any atom is 0.278 e. The number of hydrogen-bond donors (Lipinski definition) is 0. The van der Waals surface area contributed by atoms with E-state index < -0.39 is 0 Å². The Bertz CT molecular complexity index is 903. The van der Waals surface area contributed by atoms with Crippen LogP contribution in [0.2, 0.25) is 0 Å². The molecule has 4 heteroatoms. The van der Waals surface area contributed by atoms with Gasteiger partial charge in [0, 0.05) is 16.9 Å². The molecule has 0 unspecified atom stereocenters. The molecule has 1 aromatic heterocycles. The third-order valence-corrected chi connectivity index (χ3v) is 5.21. The highest BCUT2D eigenvalue weighted by Gasteiger charge is 2.25. The molecule has 128 valence electrons. The van der Waals surface area contributed by atoms with Crippen molar-refractivity contribution in [2.24, 2.45) is 0 Å². The number of likely N-dealkylation sites (tertiary alicyclic amines) is 1. The van der Waals surface area contributed by atoms with Crippen LogP contribution in [-0.2, 0) is 0 Å². The Balaban J connectivity index is 1.77. The Labute approximate surface area is 148 Å². The minimum Gasteiger partial charge on any atom is -0.306 e. The monoisotopic (exact) mass is 333 g/mol. The number of hydrogen-bond acceptors (Lipinski definition) is 3. The molecule has 0 bridgehead atoms. The molecule has 0 aliphatic carbocycles. The molecule has 4 nitrogen and oxygen atoms in total. The first-order valence-corrected chi connectivity index (χ1v) is 8.91. The van der Waals surface area contributed by atoms with Crippen molar-refractivity contribution in [3.05, 3.63) is 65.4 Å². The lowest BCUT2D eigenvalue weighted by atomic mass is 9.92. The lowest BCUT2D eigenvalue weighted by Gasteiger charge is -2.28. The Kier molecular flexibility index (Phi) is 4.14. The summed E-state index contributed by atoms with van der Waals surface area (Å²) in [5.41, 5.74) is 3.80. The molecule has 0 atom stereocenters. The zero-order chi connectivity index (χ0) is 17.4. The minimum atomic E-state index is -0.0598. The molecule has 0 amide bonds. The molecule has 0 spiro atoms. The molecule has 2 heterocycles. The van der Waals surface area contributed by atoms with Gasteiger partial charge in [-0.3, -0.25) is 4.79 Å². The maximum absolute atomic E-state index is 13.0. The van der Waals surface area contributed by atoms with Crippen molar-refractivity contribution in [1.29, 1.82) is 0 Å². The minimum absolute atomic E-state index is 0.0598. The molecule has 1 saturated heterocycles. The summed E-state index contributed by atoms with van der Waals surface area (Å²) in [6.45, 7) is 4.19. The van der Waals surface area contributed by atoms with Gasteiger partial charge in [-0.05, 0) is 58.1 Å². The van der Waals surface area contributed by atoms with E-state index in [1.54, 1.807) is 4.68 Å². The molecular formula is C21H23N3O. The number of carbonyl (C=O) groups excluding carboxylic acids is 1. The average Bonchev–Trinajstić information content (AvgIpc) is 3.02. The van der Waals surface area contributed by atoms with E-state index in [0.717, 1.165) is 48.1 Å². The van der Waals surface area contributed by atoms with Gasteiger partial charge in [0.2, 0.25) is 0 Å². The predicted octanol–water partition coefficient (Wildman–Crippen LogP) is 3.84. The van der Waals surface area contributed by atoms with Gasteiger partial charge >= 0.3 is 0 Å². The summed E-state index contributed by atoms with van der Waals surface area (Å²) < 4.78 is 1.59. The van der Waals surface area contributed by atoms with Crippen molar-refractivity contribution in [1.82, 2.24) is 14.7 Å². The summed E-state index contributed by atoms with van der Waals surface area (Å²) >= 11 is 0. The van der Waals surface area contributed by atoms with E-state index in [1.165, 1.54) is 0 Å². The largest absolute Gasteiger partial charge is 0.306 e. The maximum atomic E-state index is 13.0. The molecule has 3 aromatic rings. The topological polar surface area (TPSA) is 38.1 Å². The van der Waals surface area contributed by atoms with Crippen LogP contribution in [0, 0.1) is 6.92 Å². The summed E-state index contributed by atoms with van der Waals surface area (Å²) in [6, 6.07) is 15.8. The van der Waals surface area contributed by atoms with E-state index in [1.807, 2.05) is 49.4 Å². The Hall–Kier alpha value is -2.46. The summed E-state index contributed by atoms with van der Waals surface area (Å²) in [7, 11) is 2.16. The first-order chi connectivity index (χ1) is 12.1. The van der Waals surface area contributed by atoms with E-state index in [2.05, 4.69) is 18.0 Å². The van der Waals surface area contributed by atoms with Gasteiger partial charge in [-0.25, -0.2) is 0 Å². The van der Waals surface area contributed by atoms with Crippen LogP contribution in [0.25, 0.3) is 10.9 Å². The van der Waals surface area contributed by atoms with Crippen molar-refractivity contribution in [3.63, 3.8) is 0 Å². The standard InChI is InChI=1S/C21H23N3O/c1-15-7-9-17(10-8-15)21(25)24-19-6-4-3-5-18(19)20(22-24)16-11-13-23(2)14-12-16/h3-10,16H,11-14H2,1-2H3. The Morgan fingerprint density at radius 3 is 2.44 bits per heavy atom. The zero-order valence-corrected chi connectivity index (χ0v) is 14.8. The molecule has 0 N–H and O–H groups in total. The second-order valence-corrected chi connectivity index (χ2v) is 7.06. The highest BCUT2D eigenvalue weighted by Crippen LogP contribution is 2.32. The molecule has 25 heavy (non-hydrogen) atoms. The van der Waals surface area contributed by atoms with Crippen LogP contribution in [0.15, 0.2) is 48.5 Å². The van der Waals surface area contributed by atoms with Crippen LogP contribution in [0.5, 0.6) is 0 Å². The number of aryl methyl sites for hydroxylation is 1. The molecular weight excluding hydrogens is 310 g/mol. The van der Waals surface area contributed by atoms with Gasteiger partial charge in [0.25, 0.3) is 5.91 Å². The third kappa shape index (κ3) is 2.98. The van der Waals surface area contributed by atoms with Gasteiger partial charge in [-0.15, -0.1) is 0 Å². The lowest BCUT2D eigenvalue weighted by Crippen LogP contribution is -2.29. The van der Waals surface area contributed by atoms with E-state index in [-0.39, 0.29) is 5.91 Å². The van der Waals surface area contributed by atoms with Crippen LogP contribution >= 0.6 is 0 Å². The molecule has 4 rings (SSSR count). The number of aromatic nitrogens is 2. The van der Waals surface area contributed by atoms with Gasteiger partial charge < -0.3 is 4.90 Å². The number of carbonyl (C=O) groups is 1. The number of rotatable bonds is 2. The number of benzene rings is 2. The van der Waals surface area contributed by atoms with Crippen molar-refractivity contribution >= 4 is 16.8 Å². The SMILES string of the molecule is Cc1ccc(C(=O)n2nc(C3CCN(C)CC3)c3ccccc32)cc1. The fourth-order valence-corrected chi connectivity index (χ4v) is 3.65. The Morgan fingerprint density at radius 2 is 1.72 bits per heavy atom. The van der Waals surface area contributed by atoms with Crippen LogP contribution in [0.4, 0.5) is 0 Å². The molecule has 1 aliphatic heterocycles. The van der Waals surface area contributed by atoms with Crippen LogP contribution in [0.1, 0.15) is 40.4 Å². The van der Waals surface area contributed by atoms with Gasteiger partial charge in [0.15, 0.2) is 0 Å².